The van der Waals surface area contributed by atoms with E-state index in [4.69, 9.17) is 4.74 Å². The zero-order valence-electron chi connectivity index (χ0n) is 18.4. The molecule has 2 aromatic carbocycles. The highest BCUT2D eigenvalue weighted by atomic mass is 16.5. The van der Waals surface area contributed by atoms with Crippen molar-refractivity contribution in [2.45, 2.75) is 25.4 Å². The van der Waals surface area contributed by atoms with Crippen LogP contribution in [0.5, 0.6) is 5.75 Å². The van der Waals surface area contributed by atoms with Gasteiger partial charge < -0.3 is 19.5 Å². The lowest BCUT2D eigenvalue weighted by Gasteiger charge is -2.32. The first-order valence-electron chi connectivity index (χ1n) is 10.4. The van der Waals surface area contributed by atoms with E-state index in [2.05, 4.69) is 10.3 Å². The molecule has 0 unspecified atom stereocenters. The second kappa shape index (κ2) is 9.09. The number of ether oxygens (including phenoxy) is 1. The van der Waals surface area contributed by atoms with E-state index in [0.717, 1.165) is 28.3 Å². The number of methoxy groups -OCH3 is 1. The summed E-state index contributed by atoms with van der Waals surface area (Å²) in [6.07, 6.45) is 7.34. The summed E-state index contributed by atoms with van der Waals surface area (Å²) < 4.78 is 7.15. The van der Waals surface area contributed by atoms with Crippen LogP contribution in [-0.4, -0.2) is 33.4 Å². The number of amides is 2. The van der Waals surface area contributed by atoms with E-state index in [1.165, 1.54) is 6.92 Å². The SMILES string of the molecule is COc1ccc([C@H](NC(=O)C[C@H]2c3ccccc3C=CN2C(C)=O)c2nccn2C)cc1. The Balaban J connectivity index is 1.61. The van der Waals surface area contributed by atoms with E-state index in [1.54, 1.807) is 24.4 Å². The molecule has 0 aliphatic carbocycles. The highest BCUT2D eigenvalue weighted by molar-refractivity contribution is 5.82. The summed E-state index contributed by atoms with van der Waals surface area (Å²) >= 11 is 0. The van der Waals surface area contributed by atoms with E-state index in [0.29, 0.717) is 0 Å². The zero-order valence-corrected chi connectivity index (χ0v) is 18.4. The van der Waals surface area contributed by atoms with Crippen molar-refractivity contribution in [3.05, 3.63) is 89.6 Å². The number of fused-ring (bicyclic) bond motifs is 1. The topological polar surface area (TPSA) is 76.5 Å². The Morgan fingerprint density at radius 1 is 1.16 bits per heavy atom. The average Bonchev–Trinajstić information content (AvgIpc) is 3.23. The van der Waals surface area contributed by atoms with Gasteiger partial charge in [0.25, 0.3) is 0 Å². The standard InChI is InChI=1S/C25H26N4O3/c1-17(30)29-14-12-18-6-4-5-7-21(18)22(29)16-23(31)27-24(25-26-13-15-28(25)2)19-8-10-20(32-3)11-9-19/h4-15,22,24H,16H2,1-3H3,(H,27,31)/t22-,24-/m0/s1. The van der Waals surface area contributed by atoms with Crippen molar-refractivity contribution in [2.24, 2.45) is 7.05 Å². The van der Waals surface area contributed by atoms with Crippen molar-refractivity contribution >= 4 is 17.9 Å². The molecule has 2 amide bonds. The maximum atomic E-state index is 13.3. The van der Waals surface area contributed by atoms with Gasteiger partial charge in [-0.3, -0.25) is 9.59 Å². The van der Waals surface area contributed by atoms with Gasteiger partial charge in [0, 0.05) is 32.6 Å². The van der Waals surface area contributed by atoms with Gasteiger partial charge in [-0.25, -0.2) is 4.98 Å². The Morgan fingerprint density at radius 3 is 2.56 bits per heavy atom. The Morgan fingerprint density at radius 2 is 1.91 bits per heavy atom. The van der Waals surface area contributed by atoms with Gasteiger partial charge in [0.2, 0.25) is 11.8 Å². The molecule has 0 saturated heterocycles. The monoisotopic (exact) mass is 430 g/mol. The van der Waals surface area contributed by atoms with Crippen LogP contribution in [0.1, 0.15) is 47.9 Å². The molecule has 1 aromatic heterocycles. The minimum absolute atomic E-state index is 0.107. The molecule has 7 heteroatoms. The van der Waals surface area contributed by atoms with E-state index < -0.39 is 6.04 Å². The largest absolute Gasteiger partial charge is 0.497 e. The van der Waals surface area contributed by atoms with Gasteiger partial charge in [0.05, 0.1) is 19.6 Å². The molecule has 32 heavy (non-hydrogen) atoms. The first-order chi connectivity index (χ1) is 15.5. The molecule has 0 radical (unpaired) electrons. The number of carbonyl (C=O) groups excluding carboxylic acids is 2. The van der Waals surface area contributed by atoms with Gasteiger partial charge >= 0.3 is 0 Å². The van der Waals surface area contributed by atoms with Gasteiger partial charge in [-0.1, -0.05) is 36.4 Å². The number of hydrogen-bond donors (Lipinski definition) is 1. The molecule has 7 nitrogen and oxygen atoms in total. The number of rotatable bonds is 6. The number of carbonyl (C=O) groups is 2. The minimum Gasteiger partial charge on any atom is -0.497 e. The molecule has 3 aromatic rings. The number of hydrogen-bond acceptors (Lipinski definition) is 4. The van der Waals surface area contributed by atoms with Gasteiger partial charge in [-0.15, -0.1) is 0 Å². The lowest BCUT2D eigenvalue weighted by Crippen LogP contribution is -2.37. The fourth-order valence-electron chi connectivity index (χ4n) is 4.06. The summed E-state index contributed by atoms with van der Waals surface area (Å²) in [4.78, 5) is 31.6. The van der Waals surface area contributed by atoms with E-state index in [-0.39, 0.29) is 24.3 Å². The van der Waals surface area contributed by atoms with Crippen LogP contribution in [0.4, 0.5) is 0 Å². The molecule has 1 N–H and O–H groups in total. The third-order valence-electron chi connectivity index (χ3n) is 5.72. The molecule has 0 spiro atoms. The third-order valence-corrected chi connectivity index (χ3v) is 5.72. The van der Waals surface area contributed by atoms with Crippen molar-refractivity contribution in [2.75, 3.05) is 7.11 Å². The Kier molecular flexibility index (Phi) is 6.07. The molecule has 1 aliphatic rings. The smallest absolute Gasteiger partial charge is 0.223 e. The third kappa shape index (κ3) is 4.27. The summed E-state index contributed by atoms with van der Waals surface area (Å²) in [5.74, 6) is 1.18. The van der Waals surface area contributed by atoms with Gasteiger partial charge in [-0.2, -0.15) is 0 Å². The van der Waals surface area contributed by atoms with Crippen LogP contribution >= 0.6 is 0 Å². The van der Waals surface area contributed by atoms with E-state index >= 15 is 0 Å². The van der Waals surface area contributed by atoms with Crippen LogP contribution in [0.2, 0.25) is 0 Å². The molecule has 4 rings (SSSR count). The highest BCUT2D eigenvalue weighted by Gasteiger charge is 2.30. The summed E-state index contributed by atoms with van der Waals surface area (Å²) in [5.41, 5.74) is 2.86. The maximum Gasteiger partial charge on any atom is 0.223 e. The molecule has 0 fully saturated rings. The van der Waals surface area contributed by atoms with Gasteiger partial charge in [0.1, 0.15) is 17.6 Å². The predicted octanol–water partition coefficient (Wildman–Crippen LogP) is 3.60. The molecular formula is C25H26N4O3. The number of aryl methyl sites for hydroxylation is 1. The predicted molar refractivity (Wildman–Crippen MR) is 122 cm³/mol. The Bertz CT molecular complexity index is 1150. The molecule has 164 valence electrons. The van der Waals surface area contributed by atoms with Gasteiger partial charge in [0.15, 0.2) is 0 Å². The highest BCUT2D eigenvalue weighted by Crippen LogP contribution is 2.33. The van der Waals surface area contributed by atoms with Crippen LogP contribution in [0.25, 0.3) is 6.08 Å². The number of benzene rings is 2. The molecular weight excluding hydrogens is 404 g/mol. The lowest BCUT2D eigenvalue weighted by molar-refractivity contribution is -0.130. The van der Waals surface area contributed by atoms with Crippen LogP contribution in [-0.2, 0) is 16.6 Å². The molecule has 2 atom stereocenters. The average molecular weight is 431 g/mol. The maximum absolute atomic E-state index is 13.3. The summed E-state index contributed by atoms with van der Waals surface area (Å²) in [5, 5.41) is 3.13. The first-order valence-corrected chi connectivity index (χ1v) is 10.4. The quantitative estimate of drug-likeness (QED) is 0.648. The van der Waals surface area contributed by atoms with Crippen molar-refractivity contribution in [3.63, 3.8) is 0 Å². The molecule has 1 aliphatic heterocycles. The fourth-order valence-corrected chi connectivity index (χ4v) is 4.06. The van der Waals surface area contributed by atoms with E-state index in [1.807, 2.05) is 72.4 Å². The van der Waals surface area contributed by atoms with Crippen molar-refractivity contribution in [1.29, 1.82) is 0 Å². The number of nitrogens with zero attached hydrogens (tertiary/aromatic N) is 3. The normalized spacial score (nSPS) is 15.7. The van der Waals surface area contributed by atoms with Crippen molar-refractivity contribution < 1.29 is 14.3 Å². The zero-order chi connectivity index (χ0) is 22.7. The second-order valence-corrected chi connectivity index (χ2v) is 7.76. The Labute approximate surface area is 187 Å². The number of nitrogens with one attached hydrogen (secondary N) is 1. The molecule has 0 bridgehead atoms. The fraction of sp³-hybridized carbons (Fsp3) is 0.240. The molecule has 2 heterocycles. The first kappa shape index (κ1) is 21.4. The van der Waals surface area contributed by atoms with E-state index in [9.17, 15) is 9.59 Å². The second-order valence-electron chi connectivity index (χ2n) is 7.76. The summed E-state index contributed by atoms with van der Waals surface area (Å²) in [6.45, 7) is 1.51. The van der Waals surface area contributed by atoms with Crippen LogP contribution in [0, 0.1) is 0 Å². The van der Waals surface area contributed by atoms with Gasteiger partial charge in [-0.05, 0) is 34.9 Å². The molecule has 0 saturated carbocycles. The van der Waals surface area contributed by atoms with Crippen molar-refractivity contribution in [3.8, 4) is 5.75 Å². The summed E-state index contributed by atoms with van der Waals surface area (Å²) in [7, 11) is 3.51. The summed E-state index contributed by atoms with van der Waals surface area (Å²) in [6, 6.07) is 14.6. The van der Waals surface area contributed by atoms with Crippen LogP contribution in [0.15, 0.2) is 67.1 Å². The van der Waals surface area contributed by atoms with Crippen molar-refractivity contribution in [1.82, 2.24) is 19.8 Å². The minimum atomic E-state index is -0.437. The van der Waals surface area contributed by atoms with Crippen LogP contribution < -0.4 is 10.1 Å². The number of imidazole rings is 1. The Hall–Kier alpha value is -3.87. The number of aromatic nitrogens is 2. The lowest BCUT2D eigenvalue weighted by atomic mass is 9.93. The van der Waals surface area contributed by atoms with Crippen LogP contribution in [0.3, 0.4) is 0 Å².